The Labute approximate surface area is 62.4 Å². The Hall–Kier alpha value is -0.0400. The van der Waals surface area contributed by atoms with Gasteiger partial charge in [-0.1, -0.05) is 13.8 Å². The van der Waals surface area contributed by atoms with E-state index in [-0.39, 0.29) is 6.10 Å². The van der Waals surface area contributed by atoms with Gasteiger partial charge in [0, 0.05) is 0 Å². The molecule has 0 unspecified atom stereocenters. The standard InChI is InChI=1S/C9H16O/c1-9(2)5-8(10)6-3-4-7(6)9/h6-8,10H,3-5H2,1-2H3/t6-,7+,8+/m1/s1. The van der Waals surface area contributed by atoms with Crippen LogP contribution in [0.4, 0.5) is 0 Å². The van der Waals surface area contributed by atoms with Crippen molar-refractivity contribution in [3.8, 4) is 0 Å². The lowest BCUT2D eigenvalue weighted by molar-refractivity contribution is 0.0538. The minimum Gasteiger partial charge on any atom is -0.393 e. The maximum Gasteiger partial charge on any atom is 0.0576 e. The molecule has 0 amide bonds. The van der Waals surface area contributed by atoms with Crippen LogP contribution in [-0.2, 0) is 0 Å². The van der Waals surface area contributed by atoms with Crippen molar-refractivity contribution >= 4 is 0 Å². The van der Waals surface area contributed by atoms with Crippen molar-refractivity contribution in [2.45, 2.75) is 39.2 Å². The molecule has 0 aromatic heterocycles. The summed E-state index contributed by atoms with van der Waals surface area (Å²) >= 11 is 0. The highest BCUT2D eigenvalue weighted by molar-refractivity contribution is 5.01. The smallest absolute Gasteiger partial charge is 0.0576 e. The van der Waals surface area contributed by atoms with Crippen LogP contribution in [0, 0.1) is 17.3 Å². The normalized spacial score (nSPS) is 50.1. The molecule has 1 nitrogen and oxygen atoms in total. The summed E-state index contributed by atoms with van der Waals surface area (Å²) in [5.74, 6) is 1.50. The van der Waals surface area contributed by atoms with Gasteiger partial charge in [-0.05, 0) is 36.5 Å². The molecule has 0 aliphatic heterocycles. The lowest BCUT2D eigenvalue weighted by Gasteiger charge is -2.38. The second-order valence-corrected chi connectivity index (χ2v) is 4.61. The zero-order valence-electron chi connectivity index (χ0n) is 6.80. The highest BCUT2D eigenvalue weighted by Crippen LogP contribution is 2.56. The molecule has 0 spiro atoms. The molecule has 2 rings (SSSR count). The molecule has 0 saturated heterocycles. The predicted octanol–water partition coefficient (Wildman–Crippen LogP) is 1.80. The van der Waals surface area contributed by atoms with Gasteiger partial charge >= 0.3 is 0 Å². The zero-order valence-corrected chi connectivity index (χ0v) is 6.80. The van der Waals surface area contributed by atoms with Crippen molar-refractivity contribution in [3.05, 3.63) is 0 Å². The summed E-state index contributed by atoms with van der Waals surface area (Å²) < 4.78 is 0. The molecule has 0 aromatic rings. The number of rotatable bonds is 0. The molecule has 0 radical (unpaired) electrons. The van der Waals surface area contributed by atoms with E-state index in [0.717, 1.165) is 12.3 Å². The fourth-order valence-electron chi connectivity index (χ4n) is 2.80. The minimum absolute atomic E-state index is 0.0220. The molecule has 1 heteroatoms. The van der Waals surface area contributed by atoms with Crippen LogP contribution in [0.1, 0.15) is 33.1 Å². The van der Waals surface area contributed by atoms with Crippen LogP contribution in [0.5, 0.6) is 0 Å². The Balaban J connectivity index is 2.17. The van der Waals surface area contributed by atoms with Gasteiger partial charge in [0.25, 0.3) is 0 Å². The fraction of sp³-hybridized carbons (Fsp3) is 1.00. The quantitative estimate of drug-likeness (QED) is 0.544. The van der Waals surface area contributed by atoms with Crippen molar-refractivity contribution in [1.82, 2.24) is 0 Å². The van der Waals surface area contributed by atoms with Crippen LogP contribution in [0.2, 0.25) is 0 Å². The van der Waals surface area contributed by atoms with Crippen LogP contribution in [-0.4, -0.2) is 11.2 Å². The first-order chi connectivity index (χ1) is 4.61. The first kappa shape index (κ1) is 6.66. The van der Waals surface area contributed by atoms with Crippen LogP contribution >= 0.6 is 0 Å². The van der Waals surface area contributed by atoms with Gasteiger partial charge in [0.2, 0.25) is 0 Å². The summed E-state index contributed by atoms with van der Waals surface area (Å²) in [6.45, 7) is 4.58. The molecule has 2 saturated carbocycles. The third kappa shape index (κ3) is 0.672. The second-order valence-electron chi connectivity index (χ2n) is 4.61. The third-order valence-electron chi connectivity index (χ3n) is 3.56. The van der Waals surface area contributed by atoms with Crippen molar-refractivity contribution in [1.29, 1.82) is 0 Å². The number of aliphatic hydroxyl groups excluding tert-OH is 1. The Morgan fingerprint density at radius 1 is 1.30 bits per heavy atom. The lowest BCUT2D eigenvalue weighted by Crippen LogP contribution is -2.32. The molecule has 2 aliphatic carbocycles. The van der Waals surface area contributed by atoms with Gasteiger partial charge < -0.3 is 5.11 Å². The molecule has 3 atom stereocenters. The Bertz CT molecular complexity index is 151. The maximum atomic E-state index is 9.55. The van der Waals surface area contributed by atoms with Gasteiger partial charge in [0.15, 0.2) is 0 Å². The van der Waals surface area contributed by atoms with E-state index < -0.39 is 0 Å². The van der Waals surface area contributed by atoms with E-state index in [1.165, 1.54) is 12.8 Å². The monoisotopic (exact) mass is 140 g/mol. The number of hydrogen-bond acceptors (Lipinski definition) is 1. The van der Waals surface area contributed by atoms with E-state index in [1.54, 1.807) is 0 Å². The average molecular weight is 140 g/mol. The summed E-state index contributed by atoms with van der Waals surface area (Å²) in [7, 11) is 0. The van der Waals surface area contributed by atoms with Crippen molar-refractivity contribution in [2.75, 3.05) is 0 Å². The predicted molar refractivity (Wildman–Crippen MR) is 40.6 cm³/mol. The first-order valence-corrected chi connectivity index (χ1v) is 4.29. The largest absolute Gasteiger partial charge is 0.393 e. The first-order valence-electron chi connectivity index (χ1n) is 4.29. The lowest BCUT2D eigenvalue weighted by atomic mass is 9.67. The van der Waals surface area contributed by atoms with Gasteiger partial charge in [-0.15, -0.1) is 0 Å². The van der Waals surface area contributed by atoms with Crippen molar-refractivity contribution < 1.29 is 5.11 Å². The molecule has 10 heavy (non-hydrogen) atoms. The van der Waals surface area contributed by atoms with Crippen molar-refractivity contribution in [3.63, 3.8) is 0 Å². The van der Waals surface area contributed by atoms with Gasteiger partial charge in [-0.2, -0.15) is 0 Å². The van der Waals surface area contributed by atoms with Crippen LogP contribution in [0.15, 0.2) is 0 Å². The second kappa shape index (κ2) is 1.76. The van der Waals surface area contributed by atoms with Gasteiger partial charge in [-0.25, -0.2) is 0 Å². The molecule has 2 aliphatic rings. The molecular weight excluding hydrogens is 124 g/mol. The number of aliphatic hydroxyl groups is 1. The summed E-state index contributed by atoms with van der Waals surface area (Å²) in [5.41, 5.74) is 0.433. The molecule has 0 aromatic carbocycles. The highest BCUT2D eigenvalue weighted by Gasteiger charge is 2.51. The molecule has 0 heterocycles. The van der Waals surface area contributed by atoms with E-state index >= 15 is 0 Å². The topological polar surface area (TPSA) is 20.2 Å². The minimum atomic E-state index is 0.0220. The molecule has 2 fully saturated rings. The van der Waals surface area contributed by atoms with E-state index in [0.29, 0.717) is 11.3 Å². The third-order valence-corrected chi connectivity index (χ3v) is 3.56. The summed E-state index contributed by atoms with van der Waals surface area (Å²) in [4.78, 5) is 0. The van der Waals surface area contributed by atoms with Crippen LogP contribution in [0.3, 0.4) is 0 Å². The molecule has 58 valence electrons. The van der Waals surface area contributed by atoms with Crippen LogP contribution < -0.4 is 0 Å². The van der Waals surface area contributed by atoms with Gasteiger partial charge in [0.05, 0.1) is 6.10 Å². The van der Waals surface area contributed by atoms with Gasteiger partial charge in [0.1, 0.15) is 0 Å². The summed E-state index contributed by atoms with van der Waals surface area (Å²) in [5, 5.41) is 9.55. The van der Waals surface area contributed by atoms with E-state index in [2.05, 4.69) is 13.8 Å². The van der Waals surface area contributed by atoms with Gasteiger partial charge in [-0.3, -0.25) is 0 Å². The summed E-state index contributed by atoms with van der Waals surface area (Å²) in [6, 6.07) is 0. The average Bonchev–Trinajstić information content (AvgIpc) is 1.66. The highest BCUT2D eigenvalue weighted by atomic mass is 16.3. The molecular formula is C9H16O. The molecule has 0 bridgehead atoms. The Kier molecular flexibility index (Phi) is 1.17. The number of hydrogen-bond donors (Lipinski definition) is 1. The SMILES string of the molecule is CC1(C)C[C@H](O)[C@@H]2CC[C@@H]21. The zero-order chi connectivity index (χ0) is 7.35. The van der Waals surface area contributed by atoms with E-state index in [9.17, 15) is 5.11 Å². The van der Waals surface area contributed by atoms with Crippen LogP contribution in [0.25, 0.3) is 0 Å². The maximum absolute atomic E-state index is 9.55. The van der Waals surface area contributed by atoms with E-state index in [4.69, 9.17) is 0 Å². The fourth-order valence-corrected chi connectivity index (χ4v) is 2.80. The Morgan fingerprint density at radius 2 is 2.00 bits per heavy atom. The van der Waals surface area contributed by atoms with Crippen molar-refractivity contribution in [2.24, 2.45) is 17.3 Å². The Morgan fingerprint density at radius 3 is 2.20 bits per heavy atom. The molecule has 1 N–H and O–H groups in total. The number of fused-ring (bicyclic) bond motifs is 1. The summed E-state index contributed by atoms with van der Waals surface area (Å²) in [6.07, 6.45) is 3.68. The van der Waals surface area contributed by atoms with E-state index in [1.807, 2.05) is 0 Å².